The molecule has 1 N–H and O–H groups in total. The van der Waals surface area contributed by atoms with E-state index in [9.17, 15) is 9.59 Å². The number of rotatable bonds is 6. The fourth-order valence-corrected chi connectivity index (χ4v) is 2.76. The van der Waals surface area contributed by atoms with Gasteiger partial charge in [0.2, 0.25) is 5.91 Å². The number of carbonyl (C=O) groups excluding carboxylic acids is 1. The first-order valence-electron chi connectivity index (χ1n) is 7.99. The number of amides is 1. The van der Waals surface area contributed by atoms with Crippen molar-refractivity contribution in [3.63, 3.8) is 0 Å². The number of carboxylic acids is 1. The van der Waals surface area contributed by atoms with E-state index in [-0.39, 0.29) is 18.5 Å². The number of carboxylic acid groups (broad SMARTS) is 1. The molecule has 1 saturated carbocycles. The van der Waals surface area contributed by atoms with E-state index in [1.54, 1.807) is 11.8 Å². The van der Waals surface area contributed by atoms with Crippen LogP contribution in [0.5, 0.6) is 0 Å². The molecular formula is C18H21NO4. The van der Waals surface area contributed by atoms with Gasteiger partial charge in [0.1, 0.15) is 11.3 Å². The lowest BCUT2D eigenvalue weighted by Gasteiger charge is -2.26. The predicted molar refractivity (Wildman–Crippen MR) is 86.2 cm³/mol. The summed E-state index contributed by atoms with van der Waals surface area (Å²) in [6.45, 7) is 3.71. The highest BCUT2D eigenvalue weighted by atomic mass is 16.4. The lowest BCUT2D eigenvalue weighted by Crippen LogP contribution is -2.40. The molecule has 0 aliphatic heterocycles. The zero-order chi connectivity index (χ0) is 16.6. The van der Waals surface area contributed by atoms with Crippen molar-refractivity contribution in [2.75, 3.05) is 6.54 Å². The Hall–Kier alpha value is -2.30. The molecule has 2 aromatic rings. The fraction of sp³-hybridized carbons (Fsp3) is 0.444. The third-order valence-corrected chi connectivity index (χ3v) is 4.40. The van der Waals surface area contributed by atoms with Crippen molar-refractivity contribution >= 4 is 22.8 Å². The third-order valence-electron chi connectivity index (χ3n) is 4.40. The van der Waals surface area contributed by atoms with Crippen molar-refractivity contribution in [3.05, 3.63) is 36.1 Å². The first-order valence-corrected chi connectivity index (χ1v) is 7.99. The molecule has 1 aromatic heterocycles. The minimum atomic E-state index is -0.875. The second-order valence-electron chi connectivity index (χ2n) is 6.37. The topological polar surface area (TPSA) is 70.8 Å². The molecule has 1 aromatic carbocycles. The van der Waals surface area contributed by atoms with Crippen molar-refractivity contribution in [1.82, 2.24) is 4.90 Å². The maximum atomic E-state index is 12.8. The van der Waals surface area contributed by atoms with Gasteiger partial charge in [-0.05, 0) is 31.9 Å². The zero-order valence-corrected chi connectivity index (χ0v) is 13.4. The molecule has 3 rings (SSSR count). The third kappa shape index (κ3) is 3.23. The Labute approximate surface area is 134 Å². The molecule has 5 heteroatoms. The highest BCUT2D eigenvalue weighted by Crippen LogP contribution is 2.32. The lowest BCUT2D eigenvalue weighted by molar-refractivity contribution is -0.143. The van der Waals surface area contributed by atoms with Crippen LogP contribution < -0.4 is 0 Å². The highest BCUT2D eigenvalue weighted by molar-refractivity contribution is 5.86. The maximum Gasteiger partial charge on any atom is 0.308 e. The molecular weight excluding hydrogens is 294 g/mol. The van der Waals surface area contributed by atoms with E-state index < -0.39 is 17.8 Å². The standard InChI is InChI=1S/C18H21NO4/c1-11(18(21)22)10-19(14-7-8-14)17(20)12(2)16-9-13-5-3-4-6-15(13)23-16/h3-6,9,11-12,14H,7-8,10H2,1-2H3,(H,21,22). The molecule has 0 spiro atoms. The van der Waals surface area contributed by atoms with Crippen LogP contribution in [-0.4, -0.2) is 34.5 Å². The summed E-state index contributed by atoms with van der Waals surface area (Å²) in [7, 11) is 0. The normalized spacial score (nSPS) is 17.0. The van der Waals surface area contributed by atoms with Gasteiger partial charge in [0.05, 0.1) is 11.8 Å². The molecule has 1 amide bonds. The second kappa shape index (κ2) is 6.07. The van der Waals surface area contributed by atoms with Gasteiger partial charge in [0, 0.05) is 18.0 Å². The molecule has 1 fully saturated rings. The number of nitrogens with zero attached hydrogens (tertiary/aromatic N) is 1. The number of para-hydroxylation sites is 1. The minimum Gasteiger partial charge on any atom is -0.481 e. The van der Waals surface area contributed by atoms with E-state index in [1.807, 2.05) is 37.3 Å². The van der Waals surface area contributed by atoms with E-state index in [1.165, 1.54) is 0 Å². The first-order chi connectivity index (χ1) is 11.0. The number of fused-ring (bicyclic) bond motifs is 1. The quantitative estimate of drug-likeness (QED) is 0.888. The molecule has 1 aliphatic rings. The van der Waals surface area contributed by atoms with Gasteiger partial charge in [-0.3, -0.25) is 9.59 Å². The Balaban J connectivity index is 1.80. The van der Waals surface area contributed by atoms with E-state index in [4.69, 9.17) is 9.52 Å². The van der Waals surface area contributed by atoms with Crippen molar-refractivity contribution in [2.45, 2.75) is 38.6 Å². The smallest absolute Gasteiger partial charge is 0.308 e. The molecule has 1 aliphatic carbocycles. The molecule has 0 bridgehead atoms. The summed E-state index contributed by atoms with van der Waals surface area (Å²) in [6, 6.07) is 9.72. The molecule has 23 heavy (non-hydrogen) atoms. The van der Waals surface area contributed by atoms with E-state index in [2.05, 4.69) is 0 Å². The van der Waals surface area contributed by atoms with Gasteiger partial charge in [0.25, 0.3) is 0 Å². The summed E-state index contributed by atoms with van der Waals surface area (Å²) < 4.78 is 5.79. The van der Waals surface area contributed by atoms with Crippen LogP contribution >= 0.6 is 0 Å². The summed E-state index contributed by atoms with van der Waals surface area (Å²) in [4.78, 5) is 25.7. The van der Waals surface area contributed by atoms with Crippen molar-refractivity contribution in [1.29, 1.82) is 0 Å². The van der Waals surface area contributed by atoms with Crippen LogP contribution in [0.1, 0.15) is 38.4 Å². The summed E-state index contributed by atoms with van der Waals surface area (Å²) >= 11 is 0. The number of aliphatic carboxylic acids is 1. The average molecular weight is 315 g/mol. The molecule has 2 unspecified atom stereocenters. The number of carbonyl (C=O) groups is 2. The Kier molecular flexibility index (Phi) is 4.11. The Morgan fingerprint density at radius 1 is 1.30 bits per heavy atom. The SMILES string of the molecule is CC(CN(C(=O)C(C)c1cc2ccccc2o1)C1CC1)C(=O)O. The number of furan rings is 1. The van der Waals surface area contributed by atoms with Gasteiger partial charge in [0.15, 0.2) is 0 Å². The van der Waals surface area contributed by atoms with Gasteiger partial charge >= 0.3 is 5.97 Å². The largest absolute Gasteiger partial charge is 0.481 e. The lowest BCUT2D eigenvalue weighted by atomic mass is 10.1. The van der Waals surface area contributed by atoms with Gasteiger partial charge in [-0.15, -0.1) is 0 Å². The van der Waals surface area contributed by atoms with Gasteiger partial charge in [-0.25, -0.2) is 0 Å². The minimum absolute atomic E-state index is 0.0559. The van der Waals surface area contributed by atoms with Crippen molar-refractivity contribution in [3.8, 4) is 0 Å². The number of hydrogen-bond donors (Lipinski definition) is 1. The van der Waals surface area contributed by atoms with Gasteiger partial charge in [-0.2, -0.15) is 0 Å². The Morgan fingerprint density at radius 2 is 2.00 bits per heavy atom. The predicted octanol–water partition coefficient (Wildman–Crippen LogP) is 3.25. The average Bonchev–Trinajstić information content (AvgIpc) is 3.28. The van der Waals surface area contributed by atoms with Crippen LogP contribution in [0.25, 0.3) is 11.0 Å². The van der Waals surface area contributed by atoms with Crippen molar-refractivity contribution < 1.29 is 19.1 Å². The van der Waals surface area contributed by atoms with E-state index in [0.717, 1.165) is 23.8 Å². The molecule has 2 atom stereocenters. The fourth-order valence-electron chi connectivity index (χ4n) is 2.76. The summed E-state index contributed by atoms with van der Waals surface area (Å²) in [5, 5.41) is 10.1. The van der Waals surface area contributed by atoms with E-state index in [0.29, 0.717) is 5.76 Å². The van der Waals surface area contributed by atoms with E-state index >= 15 is 0 Å². The zero-order valence-electron chi connectivity index (χ0n) is 13.4. The van der Waals surface area contributed by atoms with Crippen LogP contribution in [0.15, 0.2) is 34.7 Å². The molecule has 122 valence electrons. The van der Waals surface area contributed by atoms with Crippen LogP contribution in [0, 0.1) is 5.92 Å². The van der Waals surface area contributed by atoms with Crippen LogP contribution in [0.4, 0.5) is 0 Å². The number of hydrogen-bond acceptors (Lipinski definition) is 3. The van der Waals surface area contributed by atoms with Crippen LogP contribution in [0.3, 0.4) is 0 Å². The number of benzene rings is 1. The van der Waals surface area contributed by atoms with Gasteiger partial charge in [-0.1, -0.05) is 25.1 Å². The molecule has 0 radical (unpaired) electrons. The van der Waals surface area contributed by atoms with Crippen LogP contribution in [0.2, 0.25) is 0 Å². The monoisotopic (exact) mass is 315 g/mol. The second-order valence-corrected chi connectivity index (χ2v) is 6.37. The van der Waals surface area contributed by atoms with Gasteiger partial charge < -0.3 is 14.4 Å². The Bertz CT molecular complexity index is 698. The van der Waals surface area contributed by atoms with Crippen LogP contribution in [-0.2, 0) is 9.59 Å². The first kappa shape index (κ1) is 15.6. The highest BCUT2D eigenvalue weighted by Gasteiger charge is 2.37. The maximum absolute atomic E-state index is 12.8. The molecule has 5 nitrogen and oxygen atoms in total. The summed E-state index contributed by atoms with van der Waals surface area (Å²) in [5.74, 6) is -1.28. The molecule has 0 saturated heterocycles. The summed E-state index contributed by atoms with van der Waals surface area (Å²) in [5.41, 5.74) is 0.763. The Morgan fingerprint density at radius 3 is 2.61 bits per heavy atom. The van der Waals surface area contributed by atoms with Crippen molar-refractivity contribution in [2.24, 2.45) is 5.92 Å². The molecule has 1 heterocycles. The summed E-state index contributed by atoms with van der Waals surface area (Å²) in [6.07, 6.45) is 1.90.